The van der Waals surface area contributed by atoms with E-state index in [0.717, 1.165) is 0 Å². The predicted molar refractivity (Wildman–Crippen MR) is 121 cm³/mol. The van der Waals surface area contributed by atoms with Crippen molar-refractivity contribution in [1.29, 1.82) is 0 Å². The lowest BCUT2D eigenvalue weighted by Crippen LogP contribution is -2.49. The van der Waals surface area contributed by atoms with E-state index < -0.39 is 11.8 Å². The predicted octanol–water partition coefficient (Wildman–Crippen LogP) is 2.91. The van der Waals surface area contributed by atoms with Gasteiger partial charge in [-0.1, -0.05) is 6.92 Å². The molecule has 2 aromatic rings. The van der Waals surface area contributed by atoms with Crippen LogP contribution in [0.4, 0.5) is 20.6 Å². The van der Waals surface area contributed by atoms with Crippen molar-refractivity contribution in [3.8, 4) is 5.75 Å². The summed E-state index contributed by atoms with van der Waals surface area (Å²) in [5, 5.41) is 18.1. The number of halogens is 1. The number of hydrogen-bond donors (Lipinski definition) is 4. The van der Waals surface area contributed by atoms with Gasteiger partial charge in [0.05, 0.1) is 18.2 Å². The van der Waals surface area contributed by atoms with Gasteiger partial charge >= 0.3 is 6.03 Å². The van der Waals surface area contributed by atoms with Gasteiger partial charge in [-0.15, -0.1) is 0 Å². The fraction of sp³-hybridized carbons (Fsp3) is 0.391. The van der Waals surface area contributed by atoms with Crippen molar-refractivity contribution >= 4 is 23.3 Å². The lowest BCUT2D eigenvalue weighted by atomic mass is 9.99. The molecule has 0 saturated heterocycles. The first kappa shape index (κ1) is 23.5. The molecule has 0 bridgehead atoms. The zero-order valence-electron chi connectivity index (χ0n) is 18.4. The minimum atomic E-state index is -0.530. The third-order valence-electron chi connectivity index (χ3n) is 5.43. The number of carbonyl (C=O) groups is 2. The second-order valence-electron chi connectivity index (χ2n) is 7.98. The van der Waals surface area contributed by atoms with Crippen LogP contribution >= 0.6 is 0 Å². The van der Waals surface area contributed by atoms with Gasteiger partial charge in [0.15, 0.2) is 0 Å². The maximum Gasteiger partial charge on any atom is 0.323 e. The van der Waals surface area contributed by atoms with Crippen molar-refractivity contribution in [2.75, 3.05) is 37.4 Å². The van der Waals surface area contributed by atoms with Gasteiger partial charge < -0.3 is 30.7 Å². The molecule has 0 aromatic heterocycles. The number of hydrogen-bond acceptors (Lipinski definition) is 5. The summed E-state index contributed by atoms with van der Waals surface area (Å²) in [6.45, 7) is 4.65. The van der Waals surface area contributed by atoms with Crippen LogP contribution in [0.3, 0.4) is 0 Å². The molecule has 32 heavy (non-hydrogen) atoms. The van der Waals surface area contributed by atoms with Crippen molar-refractivity contribution < 1.29 is 23.8 Å². The number of nitrogens with one attached hydrogen (secondary N) is 3. The average molecular weight is 445 g/mol. The molecule has 0 radical (unpaired) electrons. The number of rotatable bonds is 6. The summed E-state index contributed by atoms with van der Waals surface area (Å²) in [6.07, 6.45) is -0.180. The first-order valence-electron chi connectivity index (χ1n) is 10.5. The smallest absolute Gasteiger partial charge is 0.323 e. The molecule has 9 heteroatoms. The monoisotopic (exact) mass is 444 g/mol. The van der Waals surface area contributed by atoms with E-state index in [2.05, 4.69) is 16.0 Å². The summed E-state index contributed by atoms with van der Waals surface area (Å²) in [5.41, 5.74) is 1.13. The van der Waals surface area contributed by atoms with Crippen LogP contribution in [0.25, 0.3) is 0 Å². The van der Waals surface area contributed by atoms with Crippen LogP contribution in [0.2, 0.25) is 0 Å². The van der Waals surface area contributed by atoms with E-state index in [4.69, 9.17) is 4.74 Å². The fourth-order valence-electron chi connectivity index (χ4n) is 3.57. The Morgan fingerprint density at radius 2 is 1.88 bits per heavy atom. The third kappa shape index (κ3) is 5.54. The summed E-state index contributed by atoms with van der Waals surface area (Å²) in [7, 11) is 1.84. The van der Waals surface area contributed by atoms with Gasteiger partial charge in [-0.25, -0.2) is 9.18 Å². The number of fused-ring (bicyclic) bond motifs is 1. The van der Waals surface area contributed by atoms with Crippen molar-refractivity contribution in [3.05, 3.63) is 53.8 Å². The summed E-state index contributed by atoms with van der Waals surface area (Å²) in [6, 6.07) is 9.36. The van der Waals surface area contributed by atoms with E-state index in [1.165, 1.54) is 24.3 Å². The number of carbonyl (C=O) groups excluding carboxylic acids is 2. The molecule has 172 valence electrons. The molecule has 0 aliphatic carbocycles. The third-order valence-corrected chi connectivity index (χ3v) is 5.43. The van der Waals surface area contributed by atoms with Crippen LogP contribution in [0.1, 0.15) is 24.2 Å². The van der Waals surface area contributed by atoms with Crippen molar-refractivity contribution in [3.63, 3.8) is 0 Å². The summed E-state index contributed by atoms with van der Waals surface area (Å²) >= 11 is 0. The quantitative estimate of drug-likeness (QED) is 0.549. The van der Waals surface area contributed by atoms with E-state index in [1.807, 2.05) is 14.0 Å². The molecule has 3 amide bonds. The lowest BCUT2D eigenvalue weighted by molar-refractivity contribution is 0.0416. The Morgan fingerprint density at radius 1 is 1.22 bits per heavy atom. The van der Waals surface area contributed by atoms with E-state index in [-0.39, 0.29) is 30.6 Å². The Morgan fingerprint density at radius 3 is 2.53 bits per heavy atom. The van der Waals surface area contributed by atoms with E-state index in [1.54, 1.807) is 30.0 Å². The maximum atomic E-state index is 13.3. The topological polar surface area (TPSA) is 103 Å². The highest BCUT2D eigenvalue weighted by molar-refractivity contribution is 6.02. The number of benzene rings is 2. The fourth-order valence-corrected chi connectivity index (χ4v) is 3.57. The van der Waals surface area contributed by atoms with Crippen LogP contribution in [0, 0.1) is 11.7 Å². The highest BCUT2D eigenvalue weighted by atomic mass is 19.1. The largest absolute Gasteiger partial charge is 0.488 e. The van der Waals surface area contributed by atoms with Gasteiger partial charge in [0.1, 0.15) is 17.7 Å². The molecular formula is C23H29FN4O4. The molecule has 1 aliphatic rings. The molecule has 0 fully saturated rings. The number of amides is 3. The summed E-state index contributed by atoms with van der Waals surface area (Å²) in [5.74, 6) is -0.225. The molecule has 1 heterocycles. The normalized spacial score (nSPS) is 19.3. The van der Waals surface area contributed by atoms with Crippen LogP contribution < -0.4 is 20.7 Å². The van der Waals surface area contributed by atoms with E-state index >= 15 is 0 Å². The van der Waals surface area contributed by atoms with Gasteiger partial charge in [0, 0.05) is 30.4 Å². The number of aliphatic hydroxyl groups is 1. The molecule has 2 aromatic carbocycles. The van der Waals surface area contributed by atoms with Crippen LogP contribution in [0.15, 0.2) is 42.5 Å². The molecule has 0 unspecified atom stereocenters. The van der Waals surface area contributed by atoms with Crippen LogP contribution in [0.5, 0.6) is 5.75 Å². The zero-order chi connectivity index (χ0) is 23.3. The number of ether oxygens (including phenoxy) is 1. The number of nitrogens with zero attached hydrogens (tertiary/aromatic N) is 1. The number of urea groups is 1. The van der Waals surface area contributed by atoms with Gasteiger partial charge in [0.25, 0.3) is 5.91 Å². The van der Waals surface area contributed by atoms with Gasteiger partial charge in [-0.2, -0.15) is 0 Å². The number of anilines is 2. The summed E-state index contributed by atoms with van der Waals surface area (Å²) < 4.78 is 19.2. The van der Waals surface area contributed by atoms with Gasteiger partial charge in [0.2, 0.25) is 0 Å². The zero-order valence-corrected chi connectivity index (χ0v) is 18.4. The van der Waals surface area contributed by atoms with Crippen LogP contribution in [-0.2, 0) is 0 Å². The second kappa shape index (κ2) is 10.4. The first-order chi connectivity index (χ1) is 15.3. The summed E-state index contributed by atoms with van der Waals surface area (Å²) in [4.78, 5) is 27.3. The van der Waals surface area contributed by atoms with Gasteiger partial charge in [-0.05, 0) is 56.4 Å². The molecular weight excluding hydrogens is 415 g/mol. The molecule has 4 N–H and O–H groups in total. The van der Waals surface area contributed by atoms with Gasteiger partial charge in [-0.3, -0.25) is 4.79 Å². The van der Waals surface area contributed by atoms with Crippen LogP contribution in [-0.4, -0.2) is 60.8 Å². The standard InChI is InChI=1S/C23H29FN4O4/c1-14-12-28(15(2)13-29)22(30)19-10-18(8-9-20(19)32-21(14)11-25-3)27-23(31)26-17-6-4-16(24)5-7-17/h4-10,14-15,21,25,29H,11-13H2,1-3H3,(H2,26,27,31)/t14-,15-,21-/m1/s1. The molecule has 3 rings (SSSR count). The SMILES string of the molecule is CNC[C@H]1Oc2ccc(NC(=O)Nc3ccc(F)cc3)cc2C(=O)N([C@H](C)CO)C[C@H]1C. The Kier molecular flexibility index (Phi) is 7.66. The maximum absolute atomic E-state index is 13.3. The Balaban J connectivity index is 1.86. The Labute approximate surface area is 186 Å². The van der Waals surface area contributed by atoms with Crippen molar-refractivity contribution in [1.82, 2.24) is 10.2 Å². The highest BCUT2D eigenvalue weighted by Gasteiger charge is 2.32. The molecule has 8 nitrogen and oxygen atoms in total. The number of likely N-dealkylation sites (N-methyl/N-ethyl adjacent to an activating group) is 1. The Bertz CT molecular complexity index is 954. The molecule has 3 atom stereocenters. The second-order valence-corrected chi connectivity index (χ2v) is 7.98. The van der Waals surface area contributed by atoms with E-state index in [0.29, 0.717) is 35.8 Å². The minimum absolute atomic E-state index is 0.0350. The van der Waals surface area contributed by atoms with Crippen molar-refractivity contribution in [2.24, 2.45) is 5.92 Å². The first-order valence-corrected chi connectivity index (χ1v) is 10.5. The number of aliphatic hydroxyl groups excluding tert-OH is 1. The van der Waals surface area contributed by atoms with Crippen molar-refractivity contribution in [2.45, 2.75) is 26.0 Å². The Hall–Kier alpha value is -3.17. The molecule has 0 spiro atoms. The highest BCUT2D eigenvalue weighted by Crippen LogP contribution is 2.30. The average Bonchev–Trinajstić information content (AvgIpc) is 2.77. The minimum Gasteiger partial charge on any atom is -0.488 e. The van der Waals surface area contributed by atoms with E-state index in [9.17, 15) is 19.1 Å². The lowest BCUT2D eigenvalue weighted by Gasteiger charge is -2.37. The molecule has 0 saturated carbocycles. The molecule has 1 aliphatic heterocycles.